The van der Waals surface area contributed by atoms with Crippen LogP contribution in [0, 0.1) is 5.82 Å². The molecule has 0 aliphatic carbocycles. The first kappa shape index (κ1) is 17.6. The molecular formula is C15H14BrFN2O3S. The Labute approximate surface area is 142 Å². The van der Waals surface area contributed by atoms with E-state index in [0.717, 1.165) is 4.47 Å². The largest absolute Gasteiger partial charge is 0.322 e. The van der Waals surface area contributed by atoms with E-state index >= 15 is 0 Å². The highest BCUT2D eigenvalue weighted by molar-refractivity contribution is 9.10. The average molecular weight is 401 g/mol. The van der Waals surface area contributed by atoms with Gasteiger partial charge in [-0.15, -0.1) is 0 Å². The number of hydrogen-bond acceptors (Lipinski definition) is 3. The van der Waals surface area contributed by atoms with E-state index in [2.05, 4.69) is 26.0 Å². The molecule has 0 aromatic heterocycles. The molecule has 5 nitrogen and oxygen atoms in total. The molecule has 0 saturated heterocycles. The van der Waals surface area contributed by atoms with E-state index in [0.29, 0.717) is 0 Å². The van der Waals surface area contributed by atoms with Crippen LogP contribution in [-0.4, -0.2) is 20.4 Å². The molecule has 23 heavy (non-hydrogen) atoms. The monoisotopic (exact) mass is 400 g/mol. The van der Waals surface area contributed by atoms with Crippen molar-refractivity contribution < 1.29 is 17.6 Å². The first-order valence-electron chi connectivity index (χ1n) is 6.63. The second-order valence-corrected chi connectivity index (χ2v) is 7.40. The zero-order valence-electron chi connectivity index (χ0n) is 12.1. The van der Waals surface area contributed by atoms with Crippen LogP contribution in [-0.2, 0) is 14.8 Å². The van der Waals surface area contributed by atoms with Gasteiger partial charge in [-0.3, -0.25) is 4.79 Å². The summed E-state index contributed by atoms with van der Waals surface area (Å²) >= 11 is 3.22. The van der Waals surface area contributed by atoms with Crippen molar-refractivity contribution in [1.29, 1.82) is 0 Å². The standard InChI is InChI=1S/C15H14BrFN2O3S/c1-10(15(20)18-14-5-3-2-4-13(14)17)19-23(21,22)12-8-6-11(16)7-9-12/h2-10,19H,1H3,(H,18,20)/t10-/m0/s1. The third-order valence-corrected chi connectivity index (χ3v) is 5.07. The van der Waals surface area contributed by atoms with Gasteiger partial charge in [-0.2, -0.15) is 4.72 Å². The van der Waals surface area contributed by atoms with Crippen LogP contribution in [0.2, 0.25) is 0 Å². The van der Waals surface area contributed by atoms with E-state index in [4.69, 9.17) is 0 Å². The SMILES string of the molecule is C[C@H](NS(=O)(=O)c1ccc(Br)cc1)C(=O)Nc1ccccc1F. The zero-order chi connectivity index (χ0) is 17.0. The number of para-hydroxylation sites is 1. The molecule has 0 spiro atoms. The van der Waals surface area contributed by atoms with Crippen LogP contribution in [0.15, 0.2) is 57.9 Å². The second-order valence-electron chi connectivity index (χ2n) is 4.77. The Hall–Kier alpha value is -1.77. The molecule has 122 valence electrons. The van der Waals surface area contributed by atoms with Crippen LogP contribution in [0.5, 0.6) is 0 Å². The van der Waals surface area contributed by atoms with Gasteiger partial charge in [-0.1, -0.05) is 28.1 Å². The topological polar surface area (TPSA) is 75.3 Å². The van der Waals surface area contributed by atoms with Crippen molar-refractivity contribution in [2.75, 3.05) is 5.32 Å². The summed E-state index contributed by atoms with van der Waals surface area (Å²) in [4.78, 5) is 12.0. The first-order chi connectivity index (χ1) is 10.8. The van der Waals surface area contributed by atoms with Gasteiger partial charge in [0.15, 0.2) is 0 Å². The number of amides is 1. The van der Waals surface area contributed by atoms with Gasteiger partial charge in [0.25, 0.3) is 0 Å². The van der Waals surface area contributed by atoms with E-state index in [1.54, 1.807) is 18.2 Å². The highest BCUT2D eigenvalue weighted by atomic mass is 79.9. The smallest absolute Gasteiger partial charge is 0.242 e. The van der Waals surface area contributed by atoms with Crippen molar-refractivity contribution in [3.05, 3.63) is 58.8 Å². The van der Waals surface area contributed by atoms with Gasteiger partial charge >= 0.3 is 0 Å². The van der Waals surface area contributed by atoms with Crippen molar-refractivity contribution in [2.24, 2.45) is 0 Å². The number of halogens is 2. The van der Waals surface area contributed by atoms with Crippen LogP contribution in [0.25, 0.3) is 0 Å². The molecule has 0 aliphatic heterocycles. The van der Waals surface area contributed by atoms with E-state index in [1.807, 2.05) is 0 Å². The van der Waals surface area contributed by atoms with Gasteiger partial charge in [0.05, 0.1) is 16.6 Å². The Kier molecular flexibility index (Phi) is 5.51. The average Bonchev–Trinajstić information content (AvgIpc) is 2.49. The summed E-state index contributed by atoms with van der Waals surface area (Å²) in [5.41, 5.74) is -0.00723. The van der Waals surface area contributed by atoms with Crippen LogP contribution in [0.3, 0.4) is 0 Å². The molecule has 0 aliphatic rings. The number of carbonyl (C=O) groups excluding carboxylic acids is 1. The maximum atomic E-state index is 13.5. The summed E-state index contributed by atoms with van der Waals surface area (Å²) < 4.78 is 40.9. The van der Waals surface area contributed by atoms with Gasteiger partial charge in [0.1, 0.15) is 5.82 Å². The fourth-order valence-corrected chi connectivity index (χ4v) is 3.24. The zero-order valence-corrected chi connectivity index (χ0v) is 14.5. The molecular weight excluding hydrogens is 387 g/mol. The number of hydrogen-bond donors (Lipinski definition) is 2. The lowest BCUT2D eigenvalue weighted by Crippen LogP contribution is -2.41. The summed E-state index contributed by atoms with van der Waals surface area (Å²) in [6, 6.07) is 10.6. The highest BCUT2D eigenvalue weighted by Gasteiger charge is 2.22. The van der Waals surface area contributed by atoms with Gasteiger partial charge in [0, 0.05) is 4.47 Å². The van der Waals surface area contributed by atoms with Crippen LogP contribution in [0.4, 0.5) is 10.1 Å². The maximum Gasteiger partial charge on any atom is 0.242 e. The number of carbonyl (C=O) groups is 1. The Morgan fingerprint density at radius 3 is 2.35 bits per heavy atom. The molecule has 2 rings (SSSR count). The summed E-state index contributed by atoms with van der Waals surface area (Å²) in [5.74, 6) is -1.25. The minimum absolute atomic E-state index is 0.00723. The fourth-order valence-electron chi connectivity index (χ4n) is 1.77. The predicted octanol–water partition coefficient (Wildman–Crippen LogP) is 2.89. The third kappa shape index (κ3) is 4.60. The molecule has 2 aromatic rings. The summed E-state index contributed by atoms with van der Waals surface area (Å²) in [6.45, 7) is 1.38. The Balaban J connectivity index is 2.08. The van der Waals surface area contributed by atoms with Gasteiger partial charge < -0.3 is 5.32 Å². The van der Waals surface area contributed by atoms with E-state index in [1.165, 1.54) is 37.3 Å². The van der Waals surface area contributed by atoms with Crippen molar-refractivity contribution in [1.82, 2.24) is 4.72 Å². The molecule has 2 aromatic carbocycles. The van der Waals surface area contributed by atoms with Crippen LogP contribution >= 0.6 is 15.9 Å². The Morgan fingerprint density at radius 1 is 1.13 bits per heavy atom. The summed E-state index contributed by atoms with van der Waals surface area (Å²) in [5, 5.41) is 2.34. The molecule has 0 heterocycles. The number of nitrogens with one attached hydrogen (secondary N) is 2. The lowest BCUT2D eigenvalue weighted by Gasteiger charge is -2.15. The Bertz CT molecular complexity index is 810. The van der Waals surface area contributed by atoms with E-state index in [9.17, 15) is 17.6 Å². The quantitative estimate of drug-likeness (QED) is 0.809. The number of benzene rings is 2. The Morgan fingerprint density at radius 2 is 1.74 bits per heavy atom. The number of sulfonamides is 1. The van der Waals surface area contributed by atoms with Crippen LogP contribution < -0.4 is 10.0 Å². The fraction of sp³-hybridized carbons (Fsp3) is 0.133. The normalized spacial score (nSPS) is 12.7. The summed E-state index contributed by atoms with van der Waals surface area (Å²) in [6.07, 6.45) is 0. The van der Waals surface area contributed by atoms with Gasteiger partial charge in [-0.05, 0) is 43.3 Å². The van der Waals surface area contributed by atoms with Crippen molar-refractivity contribution in [3.63, 3.8) is 0 Å². The number of rotatable bonds is 5. The van der Waals surface area contributed by atoms with Gasteiger partial charge in [0.2, 0.25) is 15.9 Å². The highest BCUT2D eigenvalue weighted by Crippen LogP contribution is 2.16. The molecule has 2 N–H and O–H groups in total. The van der Waals surface area contributed by atoms with Crippen molar-refractivity contribution >= 4 is 37.5 Å². The molecule has 0 saturated carbocycles. The third-order valence-electron chi connectivity index (χ3n) is 2.98. The maximum absolute atomic E-state index is 13.5. The van der Waals surface area contributed by atoms with Crippen molar-refractivity contribution in [2.45, 2.75) is 17.9 Å². The minimum atomic E-state index is -3.85. The second kappa shape index (κ2) is 7.20. The lowest BCUT2D eigenvalue weighted by molar-refractivity contribution is -0.117. The lowest BCUT2D eigenvalue weighted by atomic mass is 10.2. The van der Waals surface area contributed by atoms with Gasteiger partial charge in [-0.25, -0.2) is 12.8 Å². The van der Waals surface area contributed by atoms with Crippen molar-refractivity contribution in [3.8, 4) is 0 Å². The molecule has 8 heteroatoms. The van der Waals surface area contributed by atoms with Crippen LogP contribution in [0.1, 0.15) is 6.92 Å². The molecule has 0 unspecified atom stereocenters. The molecule has 0 bridgehead atoms. The molecule has 0 radical (unpaired) electrons. The first-order valence-corrected chi connectivity index (χ1v) is 8.90. The predicted molar refractivity (Wildman–Crippen MR) is 89.0 cm³/mol. The van der Waals surface area contributed by atoms with E-state index < -0.39 is 27.8 Å². The molecule has 1 amide bonds. The summed E-state index contributed by atoms with van der Waals surface area (Å²) in [7, 11) is -3.85. The minimum Gasteiger partial charge on any atom is -0.322 e. The number of anilines is 1. The molecule has 0 fully saturated rings. The molecule has 1 atom stereocenters. The van der Waals surface area contributed by atoms with E-state index in [-0.39, 0.29) is 10.6 Å².